The van der Waals surface area contributed by atoms with E-state index in [1.165, 1.54) is 22.3 Å². The second-order valence-corrected chi connectivity index (χ2v) is 21.3. The molecule has 8 aromatic rings. The maximum atomic E-state index is 6.37. The third-order valence-corrected chi connectivity index (χ3v) is 14.4. The van der Waals surface area contributed by atoms with Crippen molar-refractivity contribution >= 4 is 56.4 Å². The lowest BCUT2D eigenvalue weighted by Crippen LogP contribution is -2.09. The van der Waals surface area contributed by atoms with E-state index in [4.69, 9.17) is 9.47 Å². The van der Waals surface area contributed by atoms with Gasteiger partial charge in [0.1, 0.15) is 11.5 Å². The highest BCUT2D eigenvalue weighted by Crippen LogP contribution is 2.41. The zero-order valence-electron chi connectivity index (χ0n) is 48.2. The van der Waals surface area contributed by atoms with E-state index in [0.29, 0.717) is 13.2 Å². The number of unbranched alkanes of at least 4 members (excludes halogenated alkanes) is 3. The zero-order chi connectivity index (χ0) is 55.3. The molecule has 0 saturated heterocycles. The van der Waals surface area contributed by atoms with Crippen molar-refractivity contribution in [1.82, 2.24) is 0 Å². The summed E-state index contributed by atoms with van der Waals surface area (Å²) in [5, 5.41) is 0. The Labute approximate surface area is 466 Å². The lowest BCUT2D eigenvalue weighted by atomic mass is 9.85. The van der Waals surface area contributed by atoms with E-state index in [2.05, 4.69) is 308 Å². The third-order valence-electron chi connectivity index (χ3n) is 14.4. The van der Waals surface area contributed by atoms with Crippen LogP contribution in [0.15, 0.2) is 194 Å². The van der Waals surface area contributed by atoms with Crippen LogP contribution in [0, 0.1) is 0 Å². The Bertz CT molecular complexity index is 2880. The number of benzene rings is 8. The largest absolute Gasteiger partial charge is 0.494 e. The molecule has 78 heavy (non-hydrogen) atoms. The van der Waals surface area contributed by atoms with Gasteiger partial charge in [-0.25, -0.2) is 0 Å². The molecule has 0 saturated carbocycles. The molecule has 8 nitrogen and oxygen atoms in total. The van der Waals surface area contributed by atoms with Crippen LogP contribution in [0.2, 0.25) is 0 Å². The summed E-state index contributed by atoms with van der Waals surface area (Å²) in [5.41, 5.74) is 20.9. The van der Waals surface area contributed by atoms with E-state index in [1.54, 1.807) is 0 Å². The minimum absolute atomic E-state index is 0.660. The van der Waals surface area contributed by atoms with Gasteiger partial charge in [0.25, 0.3) is 0 Å². The number of ether oxygens (including phenoxy) is 2. The maximum Gasteiger partial charge on any atom is 0.119 e. The van der Waals surface area contributed by atoms with Crippen LogP contribution in [0.5, 0.6) is 11.5 Å². The molecule has 0 spiro atoms. The highest BCUT2D eigenvalue weighted by atomic mass is 16.5. The monoisotopic (exact) mass is 1040 g/mol. The number of anilines is 6. The second-order valence-electron chi connectivity index (χ2n) is 21.3. The molecular weight excluding hydrogens is 957 g/mol. The van der Waals surface area contributed by atoms with E-state index in [9.17, 15) is 0 Å². The Hall–Kier alpha value is -8.36. The number of hydrogen-bond donors (Lipinski definition) is 0. The molecule has 8 aromatic carbocycles. The highest BCUT2D eigenvalue weighted by molar-refractivity contribution is 6.06. The van der Waals surface area contributed by atoms with Crippen LogP contribution in [-0.4, -0.2) is 97.8 Å². The van der Waals surface area contributed by atoms with Gasteiger partial charge < -0.3 is 38.9 Å². The summed E-state index contributed by atoms with van der Waals surface area (Å²) >= 11 is 0. The molecule has 0 bridgehead atoms. The molecule has 0 unspecified atom stereocenters. The fourth-order valence-electron chi connectivity index (χ4n) is 9.75. The molecule has 8 heteroatoms. The van der Waals surface area contributed by atoms with E-state index in [-0.39, 0.29) is 0 Å². The average Bonchev–Trinajstić information content (AvgIpc) is 3.51. The van der Waals surface area contributed by atoms with Crippen LogP contribution in [0.25, 0.3) is 22.3 Å². The molecule has 8 rings (SSSR count). The van der Waals surface area contributed by atoms with Gasteiger partial charge in [-0.3, -0.25) is 0 Å². The van der Waals surface area contributed by atoms with Gasteiger partial charge in [0.2, 0.25) is 0 Å². The minimum Gasteiger partial charge on any atom is -0.494 e. The summed E-state index contributed by atoms with van der Waals surface area (Å²) in [7, 11) is 25.0. The van der Waals surface area contributed by atoms with E-state index < -0.39 is 0 Å². The number of nitrogens with zero attached hydrogens (tertiary/aromatic N) is 6. The summed E-state index contributed by atoms with van der Waals surface area (Å²) in [5.74, 6) is 1.75. The molecule has 0 heterocycles. The van der Waals surface area contributed by atoms with Crippen LogP contribution in [-0.2, 0) is 0 Å². The van der Waals surface area contributed by atoms with Crippen molar-refractivity contribution in [2.75, 3.05) is 127 Å². The molecule has 0 fully saturated rings. The molecule has 0 aliphatic rings. The van der Waals surface area contributed by atoms with Crippen molar-refractivity contribution in [3.05, 3.63) is 239 Å². The first-order valence-corrected chi connectivity index (χ1v) is 27.3. The van der Waals surface area contributed by atoms with Crippen molar-refractivity contribution < 1.29 is 9.47 Å². The first-order valence-electron chi connectivity index (χ1n) is 27.3. The van der Waals surface area contributed by atoms with Gasteiger partial charge in [0.15, 0.2) is 0 Å². The lowest BCUT2D eigenvalue weighted by Gasteiger charge is -2.21. The molecule has 0 amide bonds. The Morgan fingerprint density at radius 3 is 0.526 bits per heavy atom. The van der Waals surface area contributed by atoms with E-state index in [0.717, 1.165) is 116 Å². The molecule has 0 N–H and O–H groups in total. The predicted molar refractivity (Wildman–Crippen MR) is 337 cm³/mol. The van der Waals surface area contributed by atoms with Crippen molar-refractivity contribution in [3.63, 3.8) is 0 Å². The van der Waals surface area contributed by atoms with Gasteiger partial charge in [0.05, 0.1) is 13.2 Å². The van der Waals surface area contributed by atoms with Gasteiger partial charge >= 0.3 is 0 Å². The molecule has 0 aliphatic carbocycles. The summed E-state index contributed by atoms with van der Waals surface area (Å²) in [6, 6.07) is 70.7. The SMILES string of the molecule is CN(C)c1ccc(C(=C(c2ccc(N(C)C)cc2)c2ccc(N(C)C)cc2)c2ccc(OCCCCCCOc3ccc(C(=C(c4ccc(N(C)C)cc4)c4ccc(N(C)C)cc4)c4ccc(N(C)C)cc4)cc3)cc2)cc1. The standard InChI is InChI=1S/C70H80N6O2/c1-71(2)59-33-17-51(18-34-59)67(52-19-35-60(36-20-52)72(3)4)69(55-25-41-63(42-26-55)75(9)10)57-29-45-65(46-30-57)77-49-15-13-14-16-50-78-66-47-31-58(32-48-66)70(56-27-43-64(44-28-56)76(11)12)68(53-21-37-61(38-22-53)73(5)6)54-23-39-62(40-24-54)74(7)8/h17-48H,13-16,49-50H2,1-12H3. The van der Waals surface area contributed by atoms with Gasteiger partial charge in [-0.05, 0) is 190 Å². The molecular formula is C70H80N6O2. The summed E-state index contributed by atoms with van der Waals surface area (Å²) in [6.07, 6.45) is 4.07. The fourth-order valence-corrected chi connectivity index (χ4v) is 9.75. The third kappa shape index (κ3) is 14.0. The minimum atomic E-state index is 0.660. The molecule has 0 aliphatic heterocycles. The highest BCUT2D eigenvalue weighted by Gasteiger charge is 2.20. The first kappa shape index (κ1) is 55.9. The summed E-state index contributed by atoms with van der Waals surface area (Å²) in [4.78, 5) is 12.9. The van der Waals surface area contributed by atoms with Crippen molar-refractivity contribution in [2.24, 2.45) is 0 Å². The average molecular weight is 1040 g/mol. The summed E-state index contributed by atoms with van der Waals surface area (Å²) < 4.78 is 12.7. The van der Waals surface area contributed by atoms with Crippen LogP contribution < -0.4 is 38.9 Å². The topological polar surface area (TPSA) is 37.9 Å². The quantitative estimate of drug-likeness (QED) is 0.0463. The van der Waals surface area contributed by atoms with Gasteiger partial charge in [-0.2, -0.15) is 0 Å². The van der Waals surface area contributed by atoms with Crippen LogP contribution in [0.3, 0.4) is 0 Å². The van der Waals surface area contributed by atoms with Crippen LogP contribution >= 0.6 is 0 Å². The molecule has 0 aromatic heterocycles. The second kappa shape index (κ2) is 26.1. The van der Waals surface area contributed by atoms with E-state index in [1.807, 2.05) is 0 Å². The first-order chi connectivity index (χ1) is 37.6. The Morgan fingerprint density at radius 1 is 0.218 bits per heavy atom. The Morgan fingerprint density at radius 2 is 0.372 bits per heavy atom. The van der Waals surface area contributed by atoms with E-state index >= 15 is 0 Å². The zero-order valence-corrected chi connectivity index (χ0v) is 48.2. The normalized spacial score (nSPS) is 10.9. The van der Waals surface area contributed by atoms with Crippen molar-refractivity contribution in [2.45, 2.75) is 25.7 Å². The number of rotatable bonds is 23. The maximum absolute atomic E-state index is 6.37. The van der Waals surface area contributed by atoms with Gasteiger partial charge in [-0.15, -0.1) is 0 Å². The fraction of sp³-hybridized carbons (Fsp3) is 0.257. The molecule has 0 atom stereocenters. The summed E-state index contributed by atoms with van der Waals surface area (Å²) in [6.45, 7) is 1.32. The molecule has 402 valence electrons. The lowest BCUT2D eigenvalue weighted by molar-refractivity contribution is 0.287. The van der Waals surface area contributed by atoms with Gasteiger partial charge in [-0.1, -0.05) is 97.1 Å². The van der Waals surface area contributed by atoms with Gasteiger partial charge in [0, 0.05) is 119 Å². The van der Waals surface area contributed by atoms with Crippen LogP contribution in [0.4, 0.5) is 34.1 Å². The van der Waals surface area contributed by atoms with Crippen LogP contribution in [0.1, 0.15) is 70.2 Å². The smallest absolute Gasteiger partial charge is 0.119 e. The van der Waals surface area contributed by atoms with Crippen molar-refractivity contribution in [1.29, 1.82) is 0 Å². The van der Waals surface area contributed by atoms with Crippen molar-refractivity contribution in [3.8, 4) is 11.5 Å². The Balaban J connectivity index is 0.939. The number of hydrogen-bond acceptors (Lipinski definition) is 8. The molecule has 0 radical (unpaired) electrons. The Kier molecular flexibility index (Phi) is 18.7. The predicted octanol–water partition coefficient (Wildman–Crippen LogP) is 15.1.